The lowest BCUT2D eigenvalue weighted by molar-refractivity contribution is -0.144. The molecule has 0 unspecified atom stereocenters. The van der Waals surface area contributed by atoms with Gasteiger partial charge >= 0.3 is 17.9 Å². The molecule has 6 atom stereocenters. The zero-order chi connectivity index (χ0) is 38.7. The van der Waals surface area contributed by atoms with Crippen molar-refractivity contribution >= 4 is 35.2 Å². The summed E-state index contributed by atoms with van der Waals surface area (Å²) in [5, 5.41) is 41.6. The Labute approximate surface area is 326 Å². The first-order chi connectivity index (χ1) is 26.6. The molecule has 6 rings (SSSR count). The van der Waals surface area contributed by atoms with Crippen LogP contribution in [0.5, 0.6) is 5.75 Å². The van der Waals surface area contributed by atoms with Crippen LogP contribution >= 0.6 is 11.3 Å². The first-order valence-corrected chi connectivity index (χ1v) is 20.4. The molecule has 3 fully saturated rings. The van der Waals surface area contributed by atoms with Crippen LogP contribution < -0.4 is 20.7 Å². The summed E-state index contributed by atoms with van der Waals surface area (Å²) in [7, 11) is 0. The van der Waals surface area contributed by atoms with E-state index in [-0.39, 0.29) is 36.7 Å². The van der Waals surface area contributed by atoms with Crippen molar-refractivity contribution in [2.24, 2.45) is 35.5 Å². The fourth-order valence-electron chi connectivity index (χ4n) is 8.49. The van der Waals surface area contributed by atoms with Crippen LogP contribution in [0.1, 0.15) is 46.4 Å². The number of carboxylic acid groups (broad SMARTS) is 3. The Morgan fingerprint density at radius 1 is 0.691 bits per heavy atom. The SMILES string of the molecule is O=C(O)[C@@H](Cc1cccc(CC(=O)N(CCOc2csc(C[C@H](C(=O)O)[C@H]3CCNC3)c2)Cc2cccc(C[C@H](C(=O)O)[C@H]3CCNC3)c2)c1)[C@H]1CCNC1. The zero-order valence-electron chi connectivity index (χ0n) is 31.3. The number of nitrogens with zero attached hydrogens (tertiary/aromatic N) is 1. The number of rotatable bonds is 20. The number of amides is 1. The quantitative estimate of drug-likeness (QED) is 0.0980. The van der Waals surface area contributed by atoms with Gasteiger partial charge in [-0.3, -0.25) is 19.2 Å². The maximum absolute atomic E-state index is 14.1. The van der Waals surface area contributed by atoms with E-state index in [4.69, 9.17) is 4.74 Å². The molecule has 0 radical (unpaired) electrons. The first-order valence-electron chi connectivity index (χ1n) is 19.6. The lowest BCUT2D eigenvalue weighted by Gasteiger charge is -2.24. The molecular formula is C42H54N4O8S. The maximum atomic E-state index is 14.1. The van der Waals surface area contributed by atoms with Gasteiger partial charge in [-0.1, -0.05) is 48.5 Å². The van der Waals surface area contributed by atoms with Gasteiger partial charge in [-0.25, -0.2) is 0 Å². The Kier molecular flexibility index (Phi) is 14.3. The lowest BCUT2D eigenvalue weighted by atomic mass is 9.86. The van der Waals surface area contributed by atoms with Gasteiger partial charge in [-0.2, -0.15) is 0 Å². The standard InChI is InChI=1S/C42H54N4O8S/c47-39(19-29-5-1-3-27(15-29)17-36(40(48)49)31-7-10-43-22-31)46(25-30-6-2-4-28(16-30)18-37(41(50)51)32-8-11-44-23-32)13-14-54-34-20-35(55-26-34)21-38(42(52)53)33-9-12-45-24-33/h1-6,15-16,20,26,31-33,36-38,43-45H,7-14,17-19,21-25H2,(H,48,49)(H,50,51)(H,52,53)/t31-,32-,33-,36-,37-,38-/m0/s1. The highest BCUT2D eigenvalue weighted by Crippen LogP contribution is 2.30. The Balaban J connectivity index is 1.14. The van der Waals surface area contributed by atoms with Crippen LogP contribution in [0, 0.1) is 35.5 Å². The minimum atomic E-state index is -0.802. The summed E-state index contributed by atoms with van der Waals surface area (Å²) in [5.74, 6) is -3.07. The monoisotopic (exact) mass is 774 g/mol. The highest BCUT2D eigenvalue weighted by Gasteiger charge is 2.33. The molecule has 3 aromatic rings. The molecule has 2 aromatic carbocycles. The summed E-state index contributed by atoms with van der Waals surface area (Å²) in [6.07, 6.45) is 3.89. The van der Waals surface area contributed by atoms with E-state index >= 15 is 0 Å². The fraction of sp³-hybridized carbons (Fsp3) is 0.524. The molecule has 55 heavy (non-hydrogen) atoms. The van der Waals surface area contributed by atoms with Crippen LogP contribution in [-0.4, -0.2) is 96.5 Å². The number of ether oxygens (including phenoxy) is 1. The van der Waals surface area contributed by atoms with E-state index in [0.29, 0.717) is 57.7 Å². The number of nitrogens with one attached hydrogen (secondary N) is 3. The summed E-state index contributed by atoms with van der Waals surface area (Å²) >= 11 is 1.48. The molecule has 296 valence electrons. The number of aliphatic carboxylic acids is 3. The van der Waals surface area contributed by atoms with Crippen molar-refractivity contribution in [1.82, 2.24) is 20.9 Å². The summed E-state index contributed by atoms with van der Waals surface area (Å²) < 4.78 is 6.14. The number of carboxylic acids is 3. The van der Waals surface area contributed by atoms with Crippen LogP contribution in [0.3, 0.4) is 0 Å². The number of carbonyl (C=O) groups excluding carboxylic acids is 1. The van der Waals surface area contributed by atoms with Gasteiger partial charge in [0, 0.05) is 16.8 Å². The third kappa shape index (κ3) is 11.4. The van der Waals surface area contributed by atoms with Gasteiger partial charge < -0.3 is 40.9 Å². The minimum absolute atomic E-state index is 0.0668. The van der Waals surface area contributed by atoms with Crippen molar-refractivity contribution in [3.8, 4) is 5.75 Å². The highest BCUT2D eigenvalue weighted by molar-refractivity contribution is 7.10. The van der Waals surface area contributed by atoms with Crippen LogP contribution in [0.4, 0.5) is 0 Å². The zero-order valence-corrected chi connectivity index (χ0v) is 32.1. The van der Waals surface area contributed by atoms with Crippen molar-refractivity contribution in [1.29, 1.82) is 0 Å². The fourth-order valence-corrected chi connectivity index (χ4v) is 9.35. The third-order valence-corrected chi connectivity index (χ3v) is 12.5. The lowest BCUT2D eigenvalue weighted by Crippen LogP contribution is -2.35. The van der Waals surface area contributed by atoms with Crippen molar-refractivity contribution < 1.29 is 39.2 Å². The number of carbonyl (C=O) groups is 4. The molecule has 12 nitrogen and oxygen atoms in total. The van der Waals surface area contributed by atoms with Crippen LogP contribution in [-0.2, 0) is 51.4 Å². The highest BCUT2D eigenvalue weighted by atomic mass is 32.1. The van der Waals surface area contributed by atoms with E-state index < -0.39 is 35.7 Å². The predicted molar refractivity (Wildman–Crippen MR) is 209 cm³/mol. The number of hydrogen-bond donors (Lipinski definition) is 6. The van der Waals surface area contributed by atoms with Crippen molar-refractivity contribution in [3.63, 3.8) is 0 Å². The Morgan fingerprint density at radius 3 is 1.69 bits per heavy atom. The van der Waals surface area contributed by atoms with Crippen molar-refractivity contribution in [2.45, 2.75) is 51.5 Å². The molecule has 1 aromatic heterocycles. The third-order valence-electron chi connectivity index (χ3n) is 11.6. The molecular weight excluding hydrogens is 721 g/mol. The van der Waals surface area contributed by atoms with Gasteiger partial charge in [0.25, 0.3) is 0 Å². The molecule has 0 spiro atoms. The molecule has 0 aliphatic carbocycles. The van der Waals surface area contributed by atoms with Gasteiger partial charge in [0.05, 0.1) is 30.7 Å². The average molecular weight is 775 g/mol. The van der Waals surface area contributed by atoms with Crippen LogP contribution in [0.25, 0.3) is 0 Å². The Morgan fingerprint density at radius 2 is 1.18 bits per heavy atom. The van der Waals surface area contributed by atoms with Crippen LogP contribution in [0.15, 0.2) is 60.0 Å². The topological polar surface area (TPSA) is 178 Å². The second-order valence-electron chi connectivity index (χ2n) is 15.4. The normalized spacial score (nSPS) is 21.2. The van der Waals surface area contributed by atoms with Crippen LogP contribution in [0.2, 0.25) is 0 Å². The molecule has 1 amide bonds. The summed E-state index contributed by atoms with van der Waals surface area (Å²) in [4.78, 5) is 53.2. The number of hydrogen-bond acceptors (Lipinski definition) is 9. The molecule has 3 aliphatic rings. The van der Waals surface area contributed by atoms with E-state index in [0.717, 1.165) is 66.0 Å². The molecule has 13 heteroatoms. The van der Waals surface area contributed by atoms with Crippen molar-refractivity contribution in [3.05, 3.63) is 87.1 Å². The number of thiophene rings is 1. The predicted octanol–water partition coefficient (Wildman–Crippen LogP) is 3.96. The second kappa shape index (κ2) is 19.5. The van der Waals surface area contributed by atoms with E-state index in [2.05, 4.69) is 16.0 Å². The summed E-state index contributed by atoms with van der Waals surface area (Å²) in [6, 6.07) is 17.3. The number of benzene rings is 2. The van der Waals surface area contributed by atoms with Gasteiger partial charge in [0.1, 0.15) is 12.4 Å². The van der Waals surface area contributed by atoms with Gasteiger partial charge in [-0.15, -0.1) is 11.3 Å². The molecule has 4 heterocycles. The summed E-state index contributed by atoms with van der Waals surface area (Å²) in [6.45, 7) is 5.39. The van der Waals surface area contributed by atoms with E-state index in [1.54, 1.807) is 4.90 Å². The largest absolute Gasteiger partial charge is 0.491 e. The minimum Gasteiger partial charge on any atom is -0.491 e. The average Bonchev–Trinajstić information content (AvgIpc) is 4.01. The molecule has 0 saturated carbocycles. The smallest absolute Gasteiger partial charge is 0.307 e. The molecule has 3 saturated heterocycles. The van der Waals surface area contributed by atoms with Gasteiger partial charge in [0.15, 0.2) is 0 Å². The Bertz CT molecular complexity index is 1760. The molecule has 6 N–H and O–H groups in total. The Hall–Kier alpha value is -4.30. The maximum Gasteiger partial charge on any atom is 0.307 e. The second-order valence-corrected chi connectivity index (χ2v) is 16.4. The first kappa shape index (κ1) is 40.4. The van der Waals surface area contributed by atoms with Crippen molar-refractivity contribution in [2.75, 3.05) is 52.4 Å². The van der Waals surface area contributed by atoms with Gasteiger partial charge in [-0.05, 0) is 124 Å². The molecule has 3 aliphatic heterocycles. The molecule has 0 bridgehead atoms. The van der Waals surface area contributed by atoms with E-state index in [9.17, 15) is 34.5 Å². The van der Waals surface area contributed by atoms with Gasteiger partial charge in [0.2, 0.25) is 5.91 Å². The summed E-state index contributed by atoms with van der Waals surface area (Å²) in [5.41, 5.74) is 3.50. The van der Waals surface area contributed by atoms with E-state index in [1.165, 1.54) is 11.3 Å². The van der Waals surface area contributed by atoms with E-state index in [1.807, 2.05) is 60.0 Å².